The van der Waals surface area contributed by atoms with Crippen molar-refractivity contribution in [3.63, 3.8) is 0 Å². The van der Waals surface area contributed by atoms with E-state index < -0.39 is 16.5 Å². The number of rotatable bonds is 5. The number of hydrogen-bond acceptors (Lipinski definition) is 4. The maximum atomic E-state index is 10.0. The van der Waals surface area contributed by atoms with E-state index in [0.717, 1.165) is 12.8 Å². The Kier molecular flexibility index (Phi) is 9.32. The molecule has 0 aliphatic carbocycles. The van der Waals surface area contributed by atoms with Crippen LogP contribution in [0.15, 0.2) is 0 Å². The van der Waals surface area contributed by atoms with Gasteiger partial charge in [0.2, 0.25) is 10.4 Å². The summed E-state index contributed by atoms with van der Waals surface area (Å²) >= 11 is 0. The monoisotopic (exact) mass is 204 g/mol. The summed E-state index contributed by atoms with van der Waals surface area (Å²) in [5.41, 5.74) is 0. The van der Waals surface area contributed by atoms with Crippen LogP contribution in [0, 0.1) is 0 Å². The maximum absolute atomic E-state index is 10.0. The maximum Gasteiger partial charge on any atom is 1.00 e. The molecule has 1 atom stereocenters. The third-order valence-electron chi connectivity index (χ3n) is 1.25. The molecule has 0 N–H and O–H groups in total. The number of hydrogen-bond donors (Lipinski definition) is 0. The largest absolute Gasteiger partial charge is 1.00 e. The molecule has 0 aromatic carbocycles. The van der Waals surface area contributed by atoms with Crippen molar-refractivity contribution < 1.29 is 46.7 Å². The quantitative estimate of drug-likeness (QED) is 0.296. The SMILES string of the molecule is CCCCC(C)OS(=O)(=O)[O-].[Na+]. The van der Waals surface area contributed by atoms with Gasteiger partial charge in [0.1, 0.15) is 0 Å². The Bertz CT molecular complexity index is 190. The summed E-state index contributed by atoms with van der Waals surface area (Å²) in [5.74, 6) is 0. The molecule has 0 spiro atoms. The first-order chi connectivity index (χ1) is 4.95. The molecule has 0 saturated heterocycles. The predicted octanol–water partition coefficient (Wildman–Crippen LogP) is -1.95. The second-order valence-corrected chi connectivity index (χ2v) is 3.47. The van der Waals surface area contributed by atoms with Crippen LogP contribution < -0.4 is 29.6 Å². The molecule has 0 saturated carbocycles. The normalized spacial score (nSPS) is 13.6. The Morgan fingerprint density at radius 1 is 1.50 bits per heavy atom. The van der Waals surface area contributed by atoms with E-state index in [1.54, 1.807) is 6.92 Å². The zero-order chi connectivity index (χ0) is 8.91. The molecule has 0 heterocycles. The topological polar surface area (TPSA) is 66.4 Å². The molecule has 0 aromatic rings. The van der Waals surface area contributed by atoms with Crippen molar-refractivity contribution in [1.82, 2.24) is 0 Å². The van der Waals surface area contributed by atoms with E-state index in [9.17, 15) is 13.0 Å². The van der Waals surface area contributed by atoms with Gasteiger partial charge >= 0.3 is 29.6 Å². The molecule has 12 heavy (non-hydrogen) atoms. The summed E-state index contributed by atoms with van der Waals surface area (Å²) < 4.78 is 34.2. The standard InChI is InChI=1S/C6H14O4S.Na/c1-3-4-5-6(2)10-11(7,8)9;/h6H,3-5H2,1-2H3,(H,7,8,9);/q;+1/p-1. The second kappa shape index (κ2) is 7.29. The van der Waals surface area contributed by atoms with Gasteiger partial charge in [-0.1, -0.05) is 19.8 Å². The first-order valence-corrected chi connectivity index (χ1v) is 4.93. The molecule has 0 rings (SSSR count). The molecule has 0 bridgehead atoms. The summed E-state index contributed by atoms with van der Waals surface area (Å²) in [6, 6.07) is 0. The van der Waals surface area contributed by atoms with Crippen molar-refractivity contribution in [2.24, 2.45) is 0 Å². The second-order valence-electron chi connectivity index (χ2n) is 2.46. The average Bonchev–Trinajstić information content (AvgIpc) is 1.79. The molecule has 6 heteroatoms. The van der Waals surface area contributed by atoms with Crippen LogP contribution in [0.25, 0.3) is 0 Å². The molecule has 0 aliphatic heterocycles. The molecular weight excluding hydrogens is 191 g/mol. The molecule has 1 unspecified atom stereocenters. The third-order valence-corrected chi connectivity index (χ3v) is 1.81. The molecule has 0 amide bonds. The van der Waals surface area contributed by atoms with Crippen LogP contribution in [0.2, 0.25) is 0 Å². The molecule has 0 fully saturated rings. The Morgan fingerprint density at radius 3 is 2.33 bits per heavy atom. The van der Waals surface area contributed by atoms with Crippen LogP contribution in [-0.4, -0.2) is 19.1 Å². The molecule has 4 nitrogen and oxygen atoms in total. The predicted molar refractivity (Wildman–Crippen MR) is 39.8 cm³/mol. The van der Waals surface area contributed by atoms with E-state index in [4.69, 9.17) is 0 Å². The fourth-order valence-electron chi connectivity index (χ4n) is 0.741. The minimum Gasteiger partial charge on any atom is -0.726 e. The van der Waals surface area contributed by atoms with Crippen LogP contribution in [0.4, 0.5) is 0 Å². The van der Waals surface area contributed by atoms with Gasteiger partial charge in [-0.2, -0.15) is 0 Å². The van der Waals surface area contributed by atoms with Gasteiger partial charge in [0.15, 0.2) is 0 Å². The Hall–Kier alpha value is 0.870. The van der Waals surface area contributed by atoms with Crippen molar-refractivity contribution in [3.05, 3.63) is 0 Å². The molecule has 0 aliphatic rings. The fraction of sp³-hybridized carbons (Fsp3) is 1.00. The van der Waals surface area contributed by atoms with Crippen LogP contribution in [0.3, 0.4) is 0 Å². The smallest absolute Gasteiger partial charge is 0.726 e. The van der Waals surface area contributed by atoms with E-state index >= 15 is 0 Å². The van der Waals surface area contributed by atoms with Gasteiger partial charge < -0.3 is 4.55 Å². The van der Waals surface area contributed by atoms with Gasteiger partial charge in [0.25, 0.3) is 0 Å². The Morgan fingerprint density at radius 2 is 2.00 bits per heavy atom. The zero-order valence-corrected chi connectivity index (χ0v) is 10.6. The molecule has 0 radical (unpaired) electrons. The van der Waals surface area contributed by atoms with E-state index in [0.29, 0.717) is 6.42 Å². The van der Waals surface area contributed by atoms with Gasteiger partial charge in [0.05, 0.1) is 6.10 Å². The van der Waals surface area contributed by atoms with Gasteiger partial charge in [-0.15, -0.1) is 0 Å². The van der Waals surface area contributed by atoms with Gasteiger partial charge in [0, 0.05) is 0 Å². The molecule has 0 aromatic heterocycles. The van der Waals surface area contributed by atoms with Crippen LogP contribution in [0.1, 0.15) is 33.1 Å². The first-order valence-electron chi connectivity index (χ1n) is 3.60. The van der Waals surface area contributed by atoms with Crippen molar-refractivity contribution in [2.75, 3.05) is 0 Å². The van der Waals surface area contributed by atoms with Gasteiger partial charge in [-0.25, -0.2) is 8.42 Å². The van der Waals surface area contributed by atoms with E-state index in [1.165, 1.54) is 0 Å². The summed E-state index contributed by atoms with van der Waals surface area (Å²) in [6.07, 6.45) is 1.96. The van der Waals surface area contributed by atoms with E-state index in [-0.39, 0.29) is 29.6 Å². The van der Waals surface area contributed by atoms with E-state index in [1.807, 2.05) is 6.92 Å². The summed E-state index contributed by atoms with van der Waals surface area (Å²) in [4.78, 5) is 0. The minimum absolute atomic E-state index is 0. The molecule has 68 valence electrons. The van der Waals surface area contributed by atoms with E-state index in [2.05, 4.69) is 4.18 Å². The first kappa shape index (κ1) is 15.3. The average molecular weight is 204 g/mol. The Labute approximate surface area is 95.9 Å². The van der Waals surface area contributed by atoms with Crippen molar-refractivity contribution in [2.45, 2.75) is 39.2 Å². The fourth-order valence-corrected chi connectivity index (χ4v) is 1.24. The van der Waals surface area contributed by atoms with Crippen molar-refractivity contribution >= 4 is 10.4 Å². The summed E-state index contributed by atoms with van der Waals surface area (Å²) in [7, 11) is -4.50. The van der Waals surface area contributed by atoms with Crippen LogP contribution in [-0.2, 0) is 14.6 Å². The van der Waals surface area contributed by atoms with Crippen molar-refractivity contribution in [3.8, 4) is 0 Å². The minimum atomic E-state index is -4.50. The zero-order valence-electron chi connectivity index (χ0n) is 7.74. The summed E-state index contributed by atoms with van der Waals surface area (Å²) in [5, 5.41) is 0. The Balaban J connectivity index is 0. The van der Waals surface area contributed by atoms with Crippen LogP contribution >= 0.6 is 0 Å². The van der Waals surface area contributed by atoms with Crippen molar-refractivity contribution in [1.29, 1.82) is 0 Å². The van der Waals surface area contributed by atoms with Crippen LogP contribution in [0.5, 0.6) is 0 Å². The molecular formula is C6H13NaO4S. The van der Waals surface area contributed by atoms with Gasteiger partial charge in [-0.3, -0.25) is 4.18 Å². The summed E-state index contributed by atoms with van der Waals surface area (Å²) in [6.45, 7) is 3.56. The number of unbranched alkanes of at least 4 members (excludes halogenated alkanes) is 1. The third kappa shape index (κ3) is 10.9. The van der Waals surface area contributed by atoms with Gasteiger partial charge in [-0.05, 0) is 13.3 Å².